The van der Waals surface area contributed by atoms with Gasteiger partial charge in [0.25, 0.3) is 5.56 Å². The maximum absolute atomic E-state index is 14.6. The molecule has 3 rings (SSSR count). The first kappa shape index (κ1) is 26.4. The number of phosphoric ester groups is 1. The molecule has 0 bridgehead atoms. The molecule has 33 heavy (non-hydrogen) atoms. The number of H-pyrrole nitrogens is 1. The van der Waals surface area contributed by atoms with Crippen LogP contribution in [0.25, 0.3) is 0 Å². The van der Waals surface area contributed by atoms with Crippen LogP contribution in [0.3, 0.4) is 0 Å². The monoisotopic (exact) mass is 546 g/mol. The highest BCUT2D eigenvalue weighted by Gasteiger charge is 2.94. The van der Waals surface area contributed by atoms with Crippen molar-refractivity contribution in [3.05, 3.63) is 33.1 Å². The molecule has 1 aliphatic carbocycles. The van der Waals surface area contributed by atoms with Gasteiger partial charge in [-0.05, 0) is 0 Å². The third kappa shape index (κ3) is 4.34. The van der Waals surface area contributed by atoms with Crippen LogP contribution in [0.1, 0.15) is 6.23 Å². The van der Waals surface area contributed by atoms with E-state index in [4.69, 9.17) is 19.4 Å². The molecule has 1 saturated carbocycles. The molecule has 1 aromatic rings. The fraction of sp³-hybridized carbons (Fsp3) is 0.636. The van der Waals surface area contributed by atoms with Gasteiger partial charge in [0.05, 0.1) is 6.61 Å². The summed E-state index contributed by atoms with van der Waals surface area (Å²) in [7, 11) is -17.4. The number of ether oxygens (including phenoxy) is 1. The van der Waals surface area contributed by atoms with Crippen molar-refractivity contribution >= 4 is 23.5 Å². The molecule has 1 saturated heterocycles. The van der Waals surface area contributed by atoms with Gasteiger partial charge < -0.3 is 34.5 Å². The van der Waals surface area contributed by atoms with Gasteiger partial charge in [-0.2, -0.15) is 8.62 Å². The number of rotatable bonds is 9. The van der Waals surface area contributed by atoms with Gasteiger partial charge in [0.15, 0.2) is 29.2 Å². The van der Waals surface area contributed by atoms with Crippen LogP contribution >= 0.6 is 23.5 Å². The summed E-state index contributed by atoms with van der Waals surface area (Å²) in [5.74, 6) is 0. The molecule has 188 valence electrons. The summed E-state index contributed by atoms with van der Waals surface area (Å²) in [6.07, 6.45) is -4.19. The molecule has 3 unspecified atom stereocenters. The first-order valence-corrected chi connectivity index (χ1v) is 12.8. The normalized spacial score (nSPS) is 37.2. The number of halogens is 2. The van der Waals surface area contributed by atoms with Crippen LogP contribution in [0.2, 0.25) is 0 Å². The second-order valence-electron chi connectivity index (χ2n) is 6.93. The fourth-order valence-electron chi connectivity index (χ4n) is 3.43. The minimum atomic E-state index is -5.93. The SMILES string of the molecule is O=c1ccn([C@@H]2O[C@@]3(COP(=O)(O)OP(=O)(O)OP(=O)(O)O)C(F)[C@]3(O)[C@]2(O)CF)c(=O)[nH]1. The number of aromatic nitrogens is 2. The molecule has 7 N–H and O–H groups in total. The van der Waals surface area contributed by atoms with Crippen molar-refractivity contribution in [2.75, 3.05) is 13.3 Å². The molecule has 2 fully saturated rings. The average Bonchev–Trinajstić information content (AvgIpc) is 3.01. The molecule has 2 heterocycles. The van der Waals surface area contributed by atoms with Gasteiger partial charge in [-0.1, -0.05) is 0 Å². The molecule has 0 spiro atoms. The molecular weight excluding hydrogens is 531 g/mol. The van der Waals surface area contributed by atoms with Gasteiger partial charge in [0.1, 0.15) is 6.67 Å². The minimum Gasteiger partial charge on any atom is -0.380 e. The smallest absolute Gasteiger partial charge is 0.380 e. The van der Waals surface area contributed by atoms with Gasteiger partial charge in [-0.15, -0.1) is 0 Å². The zero-order valence-electron chi connectivity index (χ0n) is 15.6. The number of fused-ring (bicyclic) bond motifs is 1. The largest absolute Gasteiger partial charge is 0.490 e. The van der Waals surface area contributed by atoms with E-state index in [-0.39, 0.29) is 0 Å². The first-order valence-electron chi connectivity index (χ1n) is 8.27. The Labute approximate surface area is 179 Å². The summed E-state index contributed by atoms with van der Waals surface area (Å²) < 4.78 is 78.8. The molecule has 0 amide bonds. The number of nitrogens with zero attached hydrogens (tertiary/aromatic N) is 1. The summed E-state index contributed by atoms with van der Waals surface area (Å²) in [4.78, 5) is 60.5. The number of aromatic amines is 1. The molecule has 2 aliphatic rings. The van der Waals surface area contributed by atoms with Crippen molar-refractivity contribution in [2.45, 2.75) is 29.2 Å². The van der Waals surface area contributed by atoms with Gasteiger partial charge in [-0.3, -0.25) is 18.9 Å². The lowest BCUT2D eigenvalue weighted by atomic mass is 9.93. The third-order valence-corrected chi connectivity index (χ3v) is 8.68. The minimum absolute atomic E-state index is 0.379. The Kier molecular flexibility index (Phi) is 6.35. The van der Waals surface area contributed by atoms with E-state index in [2.05, 4.69) is 13.1 Å². The zero-order chi connectivity index (χ0) is 25.3. The van der Waals surface area contributed by atoms with Gasteiger partial charge >= 0.3 is 29.2 Å². The lowest BCUT2D eigenvalue weighted by molar-refractivity contribution is -0.176. The Bertz CT molecular complexity index is 1220. The van der Waals surface area contributed by atoms with Crippen LogP contribution in [-0.4, -0.2) is 75.6 Å². The van der Waals surface area contributed by atoms with Crippen molar-refractivity contribution in [2.24, 2.45) is 0 Å². The third-order valence-electron chi connectivity index (χ3n) is 4.89. The number of aliphatic hydroxyl groups is 2. The summed E-state index contributed by atoms with van der Waals surface area (Å²) in [6.45, 7) is -3.51. The predicted octanol–water partition coefficient (Wildman–Crippen LogP) is -2.07. The Morgan fingerprint density at radius 2 is 1.73 bits per heavy atom. The summed E-state index contributed by atoms with van der Waals surface area (Å²) in [6, 6.07) is 0.739. The van der Waals surface area contributed by atoms with Gasteiger partial charge in [0, 0.05) is 12.3 Å². The fourth-order valence-corrected chi connectivity index (χ4v) is 6.48. The molecule has 0 aromatic carbocycles. The molecule has 22 heteroatoms. The predicted molar refractivity (Wildman–Crippen MR) is 94.8 cm³/mol. The highest BCUT2D eigenvalue weighted by atomic mass is 31.3. The molecule has 1 aromatic heterocycles. The van der Waals surface area contributed by atoms with Crippen molar-refractivity contribution in [3.8, 4) is 0 Å². The van der Waals surface area contributed by atoms with E-state index in [0.717, 1.165) is 6.07 Å². The van der Waals surface area contributed by atoms with Gasteiger partial charge in [-0.25, -0.2) is 27.3 Å². The number of hydrogen-bond donors (Lipinski definition) is 7. The average molecular weight is 546 g/mol. The van der Waals surface area contributed by atoms with Gasteiger partial charge in [0.2, 0.25) is 0 Å². The van der Waals surface area contributed by atoms with E-state index >= 15 is 0 Å². The maximum atomic E-state index is 14.6. The number of hydrogen-bond acceptors (Lipinski definition) is 11. The van der Waals surface area contributed by atoms with E-state index in [0.29, 0.717) is 10.8 Å². The van der Waals surface area contributed by atoms with Crippen LogP contribution < -0.4 is 11.2 Å². The van der Waals surface area contributed by atoms with E-state index in [9.17, 15) is 47.2 Å². The standard InChI is InChI=1S/C11H15F2N2O15P3/c12-3-9(18)7(15-2-1-5(16)14-8(15)17)28-10(6(13)11(9,10)19)4-27-32(23,24)30-33(25,26)29-31(20,21)22/h1-2,6-7,18-19H,3-4H2,(H,23,24)(H,25,26)(H,14,16,17)(H2,20,21,22)/t6?,7-,9+,10+,11+/m1/s1. The summed E-state index contributed by atoms with van der Waals surface area (Å²) >= 11 is 0. The lowest BCUT2D eigenvalue weighted by Crippen LogP contribution is -2.54. The Hall–Kier alpha value is -1.17. The van der Waals surface area contributed by atoms with Crippen LogP contribution in [0.4, 0.5) is 8.78 Å². The zero-order valence-corrected chi connectivity index (χ0v) is 18.3. The summed E-state index contributed by atoms with van der Waals surface area (Å²) in [5, 5.41) is 21.2. The lowest BCUT2D eigenvalue weighted by Gasteiger charge is -2.32. The van der Waals surface area contributed by atoms with Crippen molar-refractivity contribution in [1.82, 2.24) is 9.55 Å². The van der Waals surface area contributed by atoms with Crippen LogP contribution in [0.5, 0.6) is 0 Å². The van der Waals surface area contributed by atoms with Crippen molar-refractivity contribution < 1.29 is 70.1 Å². The quantitative estimate of drug-likeness (QED) is 0.164. The molecule has 7 atom stereocenters. The number of phosphoric acid groups is 3. The van der Waals surface area contributed by atoms with E-state index in [1.54, 1.807) is 4.98 Å². The van der Waals surface area contributed by atoms with E-state index in [1.807, 2.05) is 0 Å². The Morgan fingerprint density at radius 3 is 2.24 bits per heavy atom. The highest BCUT2D eigenvalue weighted by molar-refractivity contribution is 7.66. The Balaban J connectivity index is 1.87. The van der Waals surface area contributed by atoms with E-state index < -0.39 is 77.2 Å². The molecule has 1 aliphatic heterocycles. The number of nitrogens with one attached hydrogen (secondary N) is 1. The summed E-state index contributed by atoms with van der Waals surface area (Å²) in [5.41, 5.74) is -11.4. The van der Waals surface area contributed by atoms with Crippen LogP contribution in [-0.2, 0) is 31.6 Å². The molecular formula is C11H15F2N2O15P3. The van der Waals surface area contributed by atoms with Crippen molar-refractivity contribution in [1.29, 1.82) is 0 Å². The molecule has 0 radical (unpaired) electrons. The van der Waals surface area contributed by atoms with Crippen LogP contribution in [0, 0.1) is 0 Å². The van der Waals surface area contributed by atoms with Crippen LogP contribution in [0.15, 0.2) is 21.9 Å². The second-order valence-corrected chi connectivity index (χ2v) is 11.3. The Morgan fingerprint density at radius 1 is 1.12 bits per heavy atom. The number of alkyl halides is 2. The van der Waals surface area contributed by atoms with E-state index in [1.165, 1.54) is 0 Å². The maximum Gasteiger partial charge on any atom is 0.490 e. The van der Waals surface area contributed by atoms with Crippen molar-refractivity contribution in [3.63, 3.8) is 0 Å². The molecule has 17 nitrogen and oxygen atoms in total. The highest BCUT2D eigenvalue weighted by Crippen LogP contribution is 2.71. The topological polar surface area (TPSA) is 264 Å². The second kappa shape index (κ2) is 7.93. The first-order chi connectivity index (χ1) is 14.8.